The van der Waals surface area contributed by atoms with Crippen molar-refractivity contribution < 1.29 is 4.74 Å². The van der Waals surface area contributed by atoms with E-state index < -0.39 is 0 Å². The first-order valence-corrected chi connectivity index (χ1v) is 6.28. The lowest BCUT2D eigenvalue weighted by Gasteiger charge is -2.43. The zero-order valence-electron chi connectivity index (χ0n) is 10.5. The number of hydrogen-bond acceptors (Lipinski definition) is 3. The average molecular weight is 255 g/mol. The summed E-state index contributed by atoms with van der Waals surface area (Å²) in [7, 11) is 3.71. The molecule has 17 heavy (non-hydrogen) atoms. The normalized spacial score (nSPS) is 18.8. The molecule has 0 bridgehead atoms. The van der Waals surface area contributed by atoms with E-state index in [0.717, 1.165) is 29.4 Å². The van der Waals surface area contributed by atoms with Crippen LogP contribution in [-0.4, -0.2) is 38.2 Å². The van der Waals surface area contributed by atoms with Crippen LogP contribution in [0.5, 0.6) is 5.75 Å². The number of rotatable bonds is 4. The second-order valence-corrected chi connectivity index (χ2v) is 4.94. The monoisotopic (exact) mass is 254 g/mol. The van der Waals surface area contributed by atoms with E-state index in [0.29, 0.717) is 12.1 Å². The predicted molar refractivity (Wildman–Crippen MR) is 70.8 cm³/mol. The molecule has 0 amide bonds. The molecule has 1 N–H and O–H groups in total. The van der Waals surface area contributed by atoms with Crippen molar-refractivity contribution in [3.05, 3.63) is 28.8 Å². The van der Waals surface area contributed by atoms with Gasteiger partial charge in [-0.2, -0.15) is 0 Å². The molecule has 1 heterocycles. The molecule has 1 aliphatic rings. The van der Waals surface area contributed by atoms with Gasteiger partial charge in [0.15, 0.2) is 0 Å². The van der Waals surface area contributed by atoms with E-state index in [2.05, 4.69) is 17.1 Å². The van der Waals surface area contributed by atoms with Crippen molar-refractivity contribution in [2.24, 2.45) is 0 Å². The number of nitrogens with one attached hydrogen (secondary N) is 1. The second kappa shape index (κ2) is 5.25. The summed E-state index contributed by atoms with van der Waals surface area (Å²) >= 11 is 6.05. The number of methoxy groups -OCH3 is 1. The van der Waals surface area contributed by atoms with Crippen LogP contribution in [-0.2, 0) is 0 Å². The van der Waals surface area contributed by atoms with Gasteiger partial charge in [-0.1, -0.05) is 11.6 Å². The Hall–Kier alpha value is -0.770. The average Bonchev–Trinajstić information content (AvgIpc) is 2.27. The van der Waals surface area contributed by atoms with Crippen molar-refractivity contribution in [1.82, 2.24) is 10.2 Å². The quantitative estimate of drug-likeness (QED) is 0.893. The van der Waals surface area contributed by atoms with E-state index in [1.807, 2.05) is 25.2 Å². The molecule has 1 unspecified atom stereocenters. The van der Waals surface area contributed by atoms with Gasteiger partial charge in [0.05, 0.1) is 7.11 Å². The first-order chi connectivity index (χ1) is 8.15. The van der Waals surface area contributed by atoms with Gasteiger partial charge in [0.1, 0.15) is 5.75 Å². The molecule has 0 aliphatic carbocycles. The largest absolute Gasteiger partial charge is 0.496 e. The number of likely N-dealkylation sites (N-methyl/N-ethyl adjacent to an activating group) is 1. The van der Waals surface area contributed by atoms with Crippen molar-refractivity contribution in [1.29, 1.82) is 0 Å². The minimum absolute atomic E-state index is 0.341. The highest BCUT2D eigenvalue weighted by Crippen LogP contribution is 2.33. The number of benzene rings is 1. The highest BCUT2D eigenvalue weighted by atomic mass is 35.5. The minimum Gasteiger partial charge on any atom is -0.496 e. The fourth-order valence-electron chi connectivity index (χ4n) is 2.24. The number of likely N-dealkylation sites (tertiary alicyclic amines) is 1. The molecule has 94 valence electrons. The topological polar surface area (TPSA) is 24.5 Å². The van der Waals surface area contributed by atoms with E-state index in [1.54, 1.807) is 7.11 Å². The lowest BCUT2D eigenvalue weighted by atomic mass is 10.00. The molecule has 1 fully saturated rings. The number of ether oxygens (including phenoxy) is 1. The first kappa shape index (κ1) is 12.7. The minimum atomic E-state index is 0.341. The van der Waals surface area contributed by atoms with Crippen LogP contribution in [0.1, 0.15) is 18.5 Å². The van der Waals surface area contributed by atoms with Crippen LogP contribution in [0.25, 0.3) is 0 Å². The van der Waals surface area contributed by atoms with Gasteiger partial charge in [0, 0.05) is 35.8 Å². The Morgan fingerprint density at radius 3 is 2.76 bits per heavy atom. The number of hydrogen-bond donors (Lipinski definition) is 1. The third kappa shape index (κ3) is 2.57. The molecular weight excluding hydrogens is 236 g/mol. The Bertz CT molecular complexity index is 391. The molecule has 0 spiro atoms. The van der Waals surface area contributed by atoms with Gasteiger partial charge in [-0.15, -0.1) is 0 Å². The summed E-state index contributed by atoms with van der Waals surface area (Å²) in [5, 5.41) is 4.04. The molecule has 2 rings (SSSR count). The molecule has 1 aromatic carbocycles. The van der Waals surface area contributed by atoms with Crippen molar-refractivity contribution in [2.45, 2.75) is 19.0 Å². The molecule has 1 saturated heterocycles. The zero-order chi connectivity index (χ0) is 12.4. The third-order valence-electron chi connectivity index (χ3n) is 3.51. The third-order valence-corrected chi connectivity index (χ3v) is 3.74. The Morgan fingerprint density at radius 1 is 1.47 bits per heavy atom. The summed E-state index contributed by atoms with van der Waals surface area (Å²) in [6, 6.07) is 6.75. The molecule has 1 atom stereocenters. The lowest BCUT2D eigenvalue weighted by molar-refractivity contribution is 0.0866. The smallest absolute Gasteiger partial charge is 0.123 e. The summed E-state index contributed by atoms with van der Waals surface area (Å²) in [5.74, 6) is 0.912. The van der Waals surface area contributed by atoms with Crippen molar-refractivity contribution in [2.75, 3.05) is 27.2 Å². The number of nitrogens with zero attached hydrogens (tertiary/aromatic N) is 1. The van der Waals surface area contributed by atoms with Gasteiger partial charge in [-0.05, 0) is 32.2 Å². The van der Waals surface area contributed by atoms with Crippen LogP contribution in [0, 0.1) is 0 Å². The van der Waals surface area contributed by atoms with E-state index in [9.17, 15) is 0 Å². The molecule has 1 aliphatic heterocycles. The van der Waals surface area contributed by atoms with E-state index in [4.69, 9.17) is 16.3 Å². The molecule has 0 saturated carbocycles. The maximum atomic E-state index is 6.05. The van der Waals surface area contributed by atoms with E-state index >= 15 is 0 Å². The van der Waals surface area contributed by atoms with E-state index in [-0.39, 0.29) is 0 Å². The fourth-order valence-corrected chi connectivity index (χ4v) is 2.42. The fraction of sp³-hybridized carbons (Fsp3) is 0.538. The Kier molecular flexibility index (Phi) is 3.92. The van der Waals surface area contributed by atoms with Crippen LogP contribution >= 0.6 is 11.6 Å². The van der Waals surface area contributed by atoms with Crippen LogP contribution in [0.3, 0.4) is 0 Å². The molecule has 0 radical (unpaired) electrons. The molecule has 3 nitrogen and oxygen atoms in total. The molecular formula is C13H19ClN2O. The van der Waals surface area contributed by atoms with Crippen LogP contribution < -0.4 is 10.1 Å². The Balaban J connectivity index is 2.13. The zero-order valence-corrected chi connectivity index (χ0v) is 11.3. The summed E-state index contributed by atoms with van der Waals surface area (Å²) in [5.41, 5.74) is 1.16. The molecule has 1 aromatic rings. The van der Waals surface area contributed by atoms with Crippen LogP contribution in [0.4, 0.5) is 0 Å². The maximum absolute atomic E-state index is 6.05. The summed E-state index contributed by atoms with van der Waals surface area (Å²) < 4.78 is 5.39. The van der Waals surface area contributed by atoms with Crippen LogP contribution in [0.15, 0.2) is 18.2 Å². The molecule has 4 heteroatoms. The highest BCUT2D eigenvalue weighted by molar-refractivity contribution is 6.30. The Labute approximate surface area is 108 Å². The van der Waals surface area contributed by atoms with Crippen molar-refractivity contribution >= 4 is 11.6 Å². The van der Waals surface area contributed by atoms with Gasteiger partial charge >= 0.3 is 0 Å². The first-order valence-electron chi connectivity index (χ1n) is 5.90. The van der Waals surface area contributed by atoms with Gasteiger partial charge in [-0.25, -0.2) is 0 Å². The van der Waals surface area contributed by atoms with Gasteiger partial charge in [0.25, 0.3) is 0 Å². The summed E-state index contributed by atoms with van der Waals surface area (Å²) in [6.07, 6.45) is 0. The summed E-state index contributed by atoms with van der Waals surface area (Å²) in [4.78, 5) is 2.41. The maximum Gasteiger partial charge on any atom is 0.123 e. The number of halogens is 1. The van der Waals surface area contributed by atoms with Gasteiger partial charge < -0.3 is 10.1 Å². The second-order valence-electron chi connectivity index (χ2n) is 4.50. The molecule has 0 aromatic heterocycles. The van der Waals surface area contributed by atoms with Gasteiger partial charge in [-0.3, -0.25) is 4.90 Å². The predicted octanol–water partition coefficient (Wildman–Crippen LogP) is 2.31. The van der Waals surface area contributed by atoms with Crippen molar-refractivity contribution in [3.8, 4) is 5.75 Å². The van der Waals surface area contributed by atoms with Gasteiger partial charge in [0.2, 0.25) is 0 Å². The highest BCUT2D eigenvalue weighted by Gasteiger charge is 2.30. The standard InChI is InChI=1S/C13H19ClN2O/c1-9(16-7-11(8-16)15-2)12-6-10(14)4-5-13(12)17-3/h4-6,9,11,15H,7-8H2,1-3H3. The van der Waals surface area contributed by atoms with Crippen LogP contribution in [0.2, 0.25) is 5.02 Å². The lowest BCUT2D eigenvalue weighted by Crippen LogP contribution is -2.57. The SMILES string of the molecule is CNC1CN(C(C)c2cc(Cl)ccc2OC)C1. The Morgan fingerprint density at radius 2 is 2.18 bits per heavy atom. The summed E-state index contributed by atoms with van der Waals surface area (Å²) in [6.45, 7) is 4.35. The van der Waals surface area contributed by atoms with E-state index in [1.165, 1.54) is 0 Å². The van der Waals surface area contributed by atoms with Crippen molar-refractivity contribution in [3.63, 3.8) is 0 Å².